The number of Topliss-reactive ketones (excluding diaryl/α,β-unsaturated/α-hetero) is 1. The highest BCUT2D eigenvalue weighted by molar-refractivity contribution is 7.89. The highest BCUT2D eigenvalue weighted by Gasteiger charge is 2.52. The number of aromatic nitrogens is 1. The van der Waals surface area contributed by atoms with Gasteiger partial charge in [-0.15, -0.1) is 0 Å². The number of carbonyl (C=O) groups is 2. The Morgan fingerprint density at radius 3 is 2.61 bits per heavy atom. The summed E-state index contributed by atoms with van der Waals surface area (Å²) in [6.45, 7) is 4.11. The Balaban J connectivity index is 2.18. The molecule has 1 aromatic carbocycles. The molecule has 0 saturated heterocycles. The Hall–Kier alpha value is -2.94. The molecule has 0 bridgehead atoms. The molecule has 1 atom stereocenters. The molecule has 1 aliphatic heterocycles. The van der Waals surface area contributed by atoms with Crippen LogP contribution >= 0.6 is 0 Å². The van der Waals surface area contributed by atoms with E-state index in [1.54, 1.807) is 24.3 Å². The summed E-state index contributed by atoms with van der Waals surface area (Å²) >= 11 is 0. The summed E-state index contributed by atoms with van der Waals surface area (Å²) in [6, 6.07) is 8.81. The summed E-state index contributed by atoms with van der Waals surface area (Å²) in [5, 5.41) is 0.672. The minimum atomic E-state index is -3.75. The van der Waals surface area contributed by atoms with E-state index < -0.39 is 33.1 Å². The predicted octanol–water partition coefficient (Wildman–Crippen LogP) is 2.06. The van der Waals surface area contributed by atoms with E-state index in [4.69, 9.17) is 9.47 Å². The summed E-state index contributed by atoms with van der Waals surface area (Å²) in [5.74, 6) is -2.36. The zero-order chi connectivity index (χ0) is 20.7. The van der Waals surface area contributed by atoms with E-state index >= 15 is 0 Å². The quantitative estimate of drug-likeness (QED) is 0.703. The second kappa shape index (κ2) is 6.90. The fraction of sp³-hybridized carbons (Fsp3) is 0.316. The van der Waals surface area contributed by atoms with Gasteiger partial charge in [0.05, 0.1) is 11.3 Å². The number of nitrogens with zero attached hydrogens (tertiary/aromatic N) is 2. The van der Waals surface area contributed by atoms with Crippen LogP contribution in [0.5, 0.6) is 0 Å². The average molecular weight is 404 g/mol. The monoisotopic (exact) mass is 404 g/mol. The number of sulfonamides is 1. The molecule has 3 rings (SSSR count). The number of ketones is 1. The molecule has 0 spiro atoms. The van der Waals surface area contributed by atoms with Crippen molar-refractivity contribution in [2.45, 2.75) is 26.4 Å². The molecule has 0 radical (unpaired) electrons. The average Bonchev–Trinajstić information content (AvgIpc) is 2.92. The van der Waals surface area contributed by atoms with Gasteiger partial charge in [-0.25, -0.2) is 12.7 Å². The van der Waals surface area contributed by atoms with Crippen LogP contribution < -0.4 is 0 Å². The number of benzene rings is 1. The lowest BCUT2D eigenvalue weighted by atomic mass is 9.89. The van der Waals surface area contributed by atoms with Crippen molar-refractivity contribution in [3.8, 4) is 0 Å². The predicted molar refractivity (Wildman–Crippen MR) is 101 cm³/mol. The van der Waals surface area contributed by atoms with Gasteiger partial charge in [0.2, 0.25) is 15.8 Å². The van der Waals surface area contributed by atoms with Crippen molar-refractivity contribution in [1.29, 1.82) is 0 Å². The number of esters is 1. The summed E-state index contributed by atoms with van der Waals surface area (Å²) in [6.07, 6.45) is 1.54. The van der Waals surface area contributed by atoms with Crippen LogP contribution in [0, 0.1) is 0 Å². The second-order valence-corrected chi connectivity index (χ2v) is 8.72. The molecule has 148 valence electrons. The van der Waals surface area contributed by atoms with E-state index in [2.05, 4.69) is 4.98 Å². The summed E-state index contributed by atoms with van der Waals surface area (Å²) in [4.78, 5) is 29.1. The number of rotatable bonds is 5. The fourth-order valence-electron chi connectivity index (χ4n) is 3.05. The number of hydrogen-bond acceptors (Lipinski definition) is 7. The smallest absolute Gasteiger partial charge is 0.308 e. The van der Waals surface area contributed by atoms with E-state index in [0.717, 1.165) is 11.2 Å². The molecule has 0 N–H and O–H groups in total. The van der Waals surface area contributed by atoms with Crippen LogP contribution in [-0.4, -0.2) is 42.3 Å². The molecule has 8 nitrogen and oxygen atoms in total. The molecule has 1 aromatic heterocycles. The zero-order valence-electron chi connectivity index (χ0n) is 15.9. The lowest BCUT2D eigenvalue weighted by molar-refractivity contribution is -0.142. The number of pyridine rings is 1. The van der Waals surface area contributed by atoms with Crippen molar-refractivity contribution < 1.29 is 27.5 Å². The van der Waals surface area contributed by atoms with E-state index in [1.807, 2.05) is 6.07 Å². The van der Waals surface area contributed by atoms with Crippen molar-refractivity contribution >= 4 is 32.7 Å². The molecule has 28 heavy (non-hydrogen) atoms. The first kappa shape index (κ1) is 19.8. The minimum Gasteiger partial charge on any atom is -0.456 e. The van der Waals surface area contributed by atoms with Gasteiger partial charge in [-0.05, 0) is 26.0 Å². The van der Waals surface area contributed by atoms with Gasteiger partial charge in [0.15, 0.2) is 5.60 Å². The van der Waals surface area contributed by atoms with E-state index in [-0.39, 0.29) is 11.6 Å². The van der Waals surface area contributed by atoms with Gasteiger partial charge in [0.25, 0.3) is 11.7 Å². The molecule has 2 heterocycles. The molecular weight excluding hydrogens is 384 g/mol. The van der Waals surface area contributed by atoms with E-state index in [1.165, 1.54) is 27.1 Å². The third-order valence-electron chi connectivity index (χ3n) is 4.61. The van der Waals surface area contributed by atoms with E-state index in [9.17, 15) is 18.0 Å². The molecule has 0 aliphatic carbocycles. The van der Waals surface area contributed by atoms with Crippen LogP contribution in [0.3, 0.4) is 0 Å². The van der Waals surface area contributed by atoms with Crippen LogP contribution in [0.4, 0.5) is 0 Å². The zero-order valence-corrected chi connectivity index (χ0v) is 16.7. The molecule has 9 heteroatoms. The lowest BCUT2D eigenvalue weighted by Gasteiger charge is -2.27. The molecule has 0 amide bonds. The van der Waals surface area contributed by atoms with Gasteiger partial charge in [-0.1, -0.05) is 18.2 Å². The molecule has 0 saturated carbocycles. The van der Waals surface area contributed by atoms with Crippen molar-refractivity contribution in [2.24, 2.45) is 0 Å². The number of fused-ring (bicyclic) bond motifs is 1. The maximum Gasteiger partial charge on any atom is 0.308 e. The van der Waals surface area contributed by atoms with E-state index in [0.29, 0.717) is 16.5 Å². The van der Waals surface area contributed by atoms with Crippen LogP contribution in [-0.2, 0) is 34.7 Å². The molecule has 1 unspecified atom stereocenters. The summed E-state index contributed by atoms with van der Waals surface area (Å²) in [5.41, 5.74) is -0.445. The largest absolute Gasteiger partial charge is 0.456 e. The first-order valence-electron chi connectivity index (χ1n) is 8.59. The molecule has 1 aliphatic rings. The Labute approximate surface area is 162 Å². The first-order chi connectivity index (χ1) is 13.1. The van der Waals surface area contributed by atoms with Crippen molar-refractivity contribution in [3.05, 3.63) is 53.7 Å². The van der Waals surface area contributed by atoms with Crippen molar-refractivity contribution in [1.82, 2.24) is 9.29 Å². The Morgan fingerprint density at radius 2 is 1.96 bits per heavy atom. The normalized spacial score (nSPS) is 19.6. The number of hydrogen-bond donors (Lipinski definition) is 0. The van der Waals surface area contributed by atoms with Gasteiger partial charge < -0.3 is 9.47 Å². The molecular formula is C19H20N2O6S. The SMILES string of the molecule is CCS(=O)(=O)N(C)C1=C(OC(C)=O)C(=O)C(C)(c2ccnc3ccccc23)O1. The van der Waals surface area contributed by atoms with Gasteiger partial charge in [0.1, 0.15) is 0 Å². The standard InChI is InChI=1S/C19H20N2O6S/c1-5-28(24,25)21(4)18-16(26-12(2)22)17(23)19(3,27-18)14-10-11-20-15-9-7-6-8-13(14)15/h6-11H,5H2,1-4H3. The van der Waals surface area contributed by atoms with Crippen LogP contribution in [0.15, 0.2) is 48.2 Å². The second-order valence-electron chi connectivity index (χ2n) is 6.44. The van der Waals surface area contributed by atoms with Crippen LogP contribution in [0.25, 0.3) is 10.9 Å². The maximum absolute atomic E-state index is 13.2. The fourth-order valence-corrected chi connectivity index (χ4v) is 3.81. The third kappa shape index (κ3) is 3.11. The highest BCUT2D eigenvalue weighted by atomic mass is 32.2. The summed E-state index contributed by atoms with van der Waals surface area (Å²) < 4.78 is 36.5. The van der Waals surface area contributed by atoms with Crippen molar-refractivity contribution in [2.75, 3.05) is 12.8 Å². The molecule has 2 aromatic rings. The number of carbonyl (C=O) groups excluding carboxylic acids is 2. The van der Waals surface area contributed by atoms with Crippen LogP contribution in [0.1, 0.15) is 26.3 Å². The summed E-state index contributed by atoms with van der Waals surface area (Å²) in [7, 11) is -2.50. The van der Waals surface area contributed by atoms with Crippen LogP contribution in [0.2, 0.25) is 0 Å². The maximum atomic E-state index is 13.2. The Bertz CT molecular complexity index is 1100. The first-order valence-corrected chi connectivity index (χ1v) is 10.2. The minimum absolute atomic E-state index is 0.215. The van der Waals surface area contributed by atoms with Crippen molar-refractivity contribution in [3.63, 3.8) is 0 Å². The van der Waals surface area contributed by atoms with Gasteiger partial charge in [-0.2, -0.15) is 0 Å². The third-order valence-corrected chi connectivity index (χ3v) is 6.34. The molecule has 0 fully saturated rings. The van der Waals surface area contributed by atoms with Gasteiger partial charge >= 0.3 is 5.97 Å². The Morgan fingerprint density at radius 1 is 1.29 bits per heavy atom. The Kier molecular flexibility index (Phi) is 4.88. The van der Waals surface area contributed by atoms with Gasteiger partial charge in [0, 0.05) is 31.1 Å². The topological polar surface area (TPSA) is 103 Å². The number of para-hydroxylation sites is 1. The lowest BCUT2D eigenvalue weighted by Crippen LogP contribution is -2.33. The highest BCUT2D eigenvalue weighted by Crippen LogP contribution is 2.42. The number of ether oxygens (including phenoxy) is 2. The van der Waals surface area contributed by atoms with Gasteiger partial charge in [-0.3, -0.25) is 14.6 Å².